The number of ether oxygens (including phenoxy) is 1. The molecule has 4 nitrogen and oxygen atoms in total. The molecule has 0 unspecified atom stereocenters. The predicted molar refractivity (Wildman–Crippen MR) is 95.4 cm³/mol. The van der Waals surface area contributed by atoms with Crippen molar-refractivity contribution in [1.82, 2.24) is 5.32 Å². The van der Waals surface area contributed by atoms with Crippen molar-refractivity contribution in [2.24, 2.45) is 0 Å². The van der Waals surface area contributed by atoms with Crippen LogP contribution >= 0.6 is 11.6 Å². The zero-order valence-corrected chi connectivity index (χ0v) is 14.9. The highest BCUT2D eigenvalue weighted by Crippen LogP contribution is 2.20. The molecule has 0 saturated heterocycles. The highest BCUT2D eigenvalue weighted by molar-refractivity contribution is 6.31. The van der Waals surface area contributed by atoms with Gasteiger partial charge in [-0.05, 0) is 36.8 Å². The second-order valence-corrected chi connectivity index (χ2v) is 6.58. The maximum absolute atomic E-state index is 13.7. The van der Waals surface area contributed by atoms with Crippen molar-refractivity contribution in [2.45, 2.75) is 25.4 Å². The summed E-state index contributed by atoms with van der Waals surface area (Å²) in [6.45, 7) is 1.68. The van der Waals surface area contributed by atoms with E-state index >= 15 is 0 Å². The van der Waals surface area contributed by atoms with E-state index in [9.17, 15) is 14.3 Å². The molecular weight excluding hydrogens is 345 g/mol. The lowest BCUT2D eigenvalue weighted by molar-refractivity contribution is -0.121. The van der Waals surface area contributed by atoms with E-state index in [1.165, 1.54) is 18.2 Å². The van der Waals surface area contributed by atoms with Crippen LogP contribution in [0.3, 0.4) is 0 Å². The van der Waals surface area contributed by atoms with Crippen LogP contribution in [0.5, 0.6) is 5.75 Å². The Labute approximate surface area is 151 Å². The lowest BCUT2D eigenvalue weighted by Crippen LogP contribution is -2.42. The normalized spacial score (nSPS) is 13.2. The summed E-state index contributed by atoms with van der Waals surface area (Å²) in [6, 6.07) is 11.6. The van der Waals surface area contributed by atoms with Crippen LogP contribution in [-0.4, -0.2) is 30.3 Å². The van der Waals surface area contributed by atoms with Gasteiger partial charge >= 0.3 is 0 Å². The molecule has 0 aliphatic rings. The Hall–Kier alpha value is -2.11. The summed E-state index contributed by atoms with van der Waals surface area (Å²) in [4.78, 5) is 12.0. The summed E-state index contributed by atoms with van der Waals surface area (Å²) in [5, 5.41) is 13.3. The minimum atomic E-state index is -1.14. The number of rotatable bonds is 7. The van der Waals surface area contributed by atoms with E-state index in [1.54, 1.807) is 14.0 Å². The molecule has 0 spiro atoms. The summed E-state index contributed by atoms with van der Waals surface area (Å²) in [6.07, 6.45) is 0.182. The number of halogens is 2. The Bertz CT molecular complexity index is 712. The van der Waals surface area contributed by atoms with E-state index in [0.717, 1.165) is 11.3 Å². The van der Waals surface area contributed by atoms with Crippen molar-refractivity contribution in [1.29, 1.82) is 0 Å². The third-order valence-electron chi connectivity index (χ3n) is 3.81. The average Bonchev–Trinajstić information content (AvgIpc) is 2.57. The maximum atomic E-state index is 13.7. The van der Waals surface area contributed by atoms with Crippen molar-refractivity contribution in [3.8, 4) is 5.75 Å². The van der Waals surface area contributed by atoms with Gasteiger partial charge in [-0.25, -0.2) is 4.39 Å². The first-order chi connectivity index (χ1) is 11.8. The fraction of sp³-hybridized carbons (Fsp3) is 0.316. The lowest BCUT2D eigenvalue weighted by Gasteiger charge is -2.24. The van der Waals surface area contributed by atoms with E-state index in [-0.39, 0.29) is 23.6 Å². The molecule has 1 atom stereocenters. The molecular formula is C19H21ClFNO3. The minimum Gasteiger partial charge on any atom is -0.497 e. The number of aliphatic hydroxyl groups is 1. The lowest BCUT2D eigenvalue weighted by atomic mass is 9.96. The van der Waals surface area contributed by atoms with Crippen LogP contribution in [0, 0.1) is 5.82 Å². The van der Waals surface area contributed by atoms with Gasteiger partial charge in [-0.15, -0.1) is 0 Å². The van der Waals surface area contributed by atoms with Crippen LogP contribution in [0.25, 0.3) is 0 Å². The summed E-state index contributed by atoms with van der Waals surface area (Å²) in [5.74, 6) is -0.187. The third kappa shape index (κ3) is 5.73. The van der Waals surface area contributed by atoms with Gasteiger partial charge in [-0.3, -0.25) is 4.79 Å². The quantitative estimate of drug-likeness (QED) is 0.792. The zero-order chi connectivity index (χ0) is 18.4. The number of benzene rings is 2. The first kappa shape index (κ1) is 19.2. The van der Waals surface area contributed by atoms with Crippen LogP contribution in [0.4, 0.5) is 4.39 Å². The van der Waals surface area contributed by atoms with Crippen LogP contribution in [-0.2, 0) is 17.6 Å². The van der Waals surface area contributed by atoms with Crippen LogP contribution < -0.4 is 10.1 Å². The maximum Gasteiger partial charge on any atom is 0.224 e. The van der Waals surface area contributed by atoms with Crippen molar-refractivity contribution in [3.05, 3.63) is 64.4 Å². The van der Waals surface area contributed by atoms with E-state index in [4.69, 9.17) is 16.3 Å². The molecule has 0 saturated carbocycles. The molecule has 0 aromatic heterocycles. The second-order valence-electron chi connectivity index (χ2n) is 6.18. The summed E-state index contributed by atoms with van der Waals surface area (Å²) < 4.78 is 18.8. The van der Waals surface area contributed by atoms with E-state index < -0.39 is 17.3 Å². The summed E-state index contributed by atoms with van der Waals surface area (Å²) in [7, 11) is 1.59. The van der Waals surface area contributed by atoms with Gasteiger partial charge in [0.1, 0.15) is 11.6 Å². The summed E-state index contributed by atoms with van der Waals surface area (Å²) in [5.41, 5.74) is -0.0721. The van der Waals surface area contributed by atoms with Crippen LogP contribution in [0.1, 0.15) is 18.1 Å². The van der Waals surface area contributed by atoms with Gasteiger partial charge in [0.2, 0.25) is 5.91 Å². The number of amides is 1. The molecule has 134 valence electrons. The molecule has 0 aliphatic carbocycles. The average molecular weight is 366 g/mol. The number of hydrogen-bond donors (Lipinski definition) is 2. The molecule has 1 amide bonds. The van der Waals surface area contributed by atoms with Gasteiger partial charge in [-0.1, -0.05) is 29.8 Å². The largest absolute Gasteiger partial charge is 0.497 e. The third-order valence-corrected chi connectivity index (χ3v) is 4.16. The van der Waals surface area contributed by atoms with E-state index in [2.05, 4.69) is 5.32 Å². The van der Waals surface area contributed by atoms with Gasteiger partial charge in [0.05, 0.1) is 19.1 Å². The van der Waals surface area contributed by atoms with Crippen molar-refractivity contribution >= 4 is 17.5 Å². The smallest absolute Gasteiger partial charge is 0.224 e. The molecule has 0 aliphatic heterocycles. The predicted octanol–water partition coefficient (Wildman–Crippen LogP) is 3.14. The standard InChI is InChI=1S/C19H21ClFNO3/c1-19(24,11-13-6-8-14(25-2)9-7-13)12-22-18(23)10-15-16(20)4-3-5-17(15)21/h3-9,24H,10-12H2,1-2H3,(H,22,23)/t19-/m0/s1. The molecule has 2 N–H and O–H groups in total. The first-order valence-corrected chi connectivity index (χ1v) is 8.23. The molecule has 2 rings (SSSR count). The van der Waals surface area contributed by atoms with Gasteiger partial charge in [0.15, 0.2) is 0 Å². The molecule has 0 bridgehead atoms. The number of hydrogen-bond acceptors (Lipinski definition) is 3. The molecule has 2 aromatic rings. The molecule has 0 fully saturated rings. The van der Waals surface area contributed by atoms with Gasteiger partial charge in [0.25, 0.3) is 0 Å². The molecule has 0 radical (unpaired) electrons. The highest BCUT2D eigenvalue weighted by atomic mass is 35.5. The van der Waals surface area contributed by atoms with Crippen LogP contribution in [0.15, 0.2) is 42.5 Å². The van der Waals surface area contributed by atoms with Gasteiger partial charge in [0, 0.05) is 23.6 Å². The monoisotopic (exact) mass is 365 g/mol. The fourth-order valence-electron chi connectivity index (χ4n) is 2.46. The Balaban J connectivity index is 1.90. The number of methoxy groups -OCH3 is 1. The van der Waals surface area contributed by atoms with Crippen molar-refractivity contribution in [2.75, 3.05) is 13.7 Å². The molecule has 2 aromatic carbocycles. The van der Waals surface area contributed by atoms with Gasteiger partial charge < -0.3 is 15.2 Å². The van der Waals surface area contributed by atoms with Crippen LogP contribution in [0.2, 0.25) is 5.02 Å². The Morgan fingerprint density at radius 1 is 1.28 bits per heavy atom. The number of carbonyl (C=O) groups excluding carboxylic acids is 1. The van der Waals surface area contributed by atoms with Crippen molar-refractivity contribution < 1.29 is 19.0 Å². The first-order valence-electron chi connectivity index (χ1n) is 7.85. The van der Waals surface area contributed by atoms with E-state index in [1.807, 2.05) is 24.3 Å². The minimum absolute atomic E-state index is 0.0456. The fourth-order valence-corrected chi connectivity index (χ4v) is 2.69. The summed E-state index contributed by atoms with van der Waals surface area (Å²) >= 11 is 5.92. The van der Waals surface area contributed by atoms with Gasteiger partial charge in [-0.2, -0.15) is 0 Å². The molecule has 25 heavy (non-hydrogen) atoms. The number of carbonyl (C=O) groups is 1. The molecule has 6 heteroatoms. The Kier molecular flexibility index (Phi) is 6.39. The Morgan fingerprint density at radius 3 is 2.56 bits per heavy atom. The van der Waals surface area contributed by atoms with Crippen molar-refractivity contribution in [3.63, 3.8) is 0 Å². The second kappa shape index (κ2) is 8.32. The highest BCUT2D eigenvalue weighted by Gasteiger charge is 2.22. The Morgan fingerprint density at radius 2 is 1.96 bits per heavy atom. The van der Waals surface area contributed by atoms with E-state index in [0.29, 0.717) is 6.42 Å². The molecule has 0 heterocycles. The zero-order valence-electron chi connectivity index (χ0n) is 14.2. The topological polar surface area (TPSA) is 58.6 Å². The SMILES string of the molecule is COc1ccc(C[C@](C)(O)CNC(=O)Cc2c(F)cccc2Cl)cc1. The number of nitrogens with one attached hydrogen (secondary N) is 1.